The first-order valence-electron chi connectivity index (χ1n) is 7.84. The van der Waals surface area contributed by atoms with Crippen molar-refractivity contribution in [1.29, 1.82) is 0 Å². The van der Waals surface area contributed by atoms with E-state index >= 15 is 0 Å². The van der Waals surface area contributed by atoms with Crippen LogP contribution in [0.5, 0.6) is 0 Å². The largest absolute Gasteiger partial charge is 0.337 e. The number of H-pyrrole nitrogens is 1. The van der Waals surface area contributed by atoms with Gasteiger partial charge in [0.2, 0.25) is 0 Å². The average Bonchev–Trinajstić information content (AvgIpc) is 3.14. The third-order valence-electron chi connectivity index (χ3n) is 4.88. The summed E-state index contributed by atoms with van der Waals surface area (Å²) < 4.78 is 1.03. The number of hydrogen-bond donors (Lipinski definition) is 1. The highest BCUT2D eigenvalue weighted by molar-refractivity contribution is 9.10. The molecule has 0 aliphatic carbocycles. The Hall–Kier alpha value is -1.66. The normalized spacial score (nSPS) is 20.0. The van der Waals surface area contributed by atoms with Gasteiger partial charge in [-0.05, 0) is 31.7 Å². The predicted molar refractivity (Wildman–Crippen MR) is 92.2 cm³/mol. The molecule has 120 valence electrons. The maximum Gasteiger partial charge on any atom is 0.271 e. The fraction of sp³-hybridized carbons (Fsp3) is 0.412. The number of nitrogens with one attached hydrogen (secondary N) is 1. The van der Waals surface area contributed by atoms with E-state index in [2.05, 4.69) is 38.1 Å². The number of nitrogens with zero attached hydrogens (tertiary/aromatic N) is 3. The zero-order valence-electron chi connectivity index (χ0n) is 13.1. The molecule has 0 unspecified atom stereocenters. The monoisotopic (exact) mass is 374 g/mol. The fourth-order valence-electron chi connectivity index (χ4n) is 3.84. The number of likely N-dealkylation sites (tertiary alicyclic amines) is 2. The molecule has 2 saturated heterocycles. The lowest BCUT2D eigenvalue weighted by Gasteiger charge is -2.46. The summed E-state index contributed by atoms with van der Waals surface area (Å²) in [5, 5.41) is 7.20. The summed E-state index contributed by atoms with van der Waals surface area (Å²) in [5.74, 6) is 0.0623. The second-order valence-electron chi connectivity index (χ2n) is 6.82. The van der Waals surface area contributed by atoms with E-state index in [4.69, 9.17) is 0 Å². The number of carbonyl (C=O) groups is 1. The maximum absolute atomic E-state index is 12.7. The summed E-state index contributed by atoms with van der Waals surface area (Å²) in [4.78, 5) is 17.0. The third-order valence-corrected chi connectivity index (χ3v) is 5.41. The number of aromatic amines is 1. The standard InChI is InChI=1S/C17H19BrN4O/c1-21-9-17(10-21)6-7-22(11-17)16(23)15-8-14(19-20-15)12-2-4-13(18)5-3-12/h2-5,8H,6-7,9-11H2,1H3,(H,19,20). The number of amides is 1. The van der Waals surface area contributed by atoms with Gasteiger partial charge in [0.15, 0.2) is 0 Å². The molecule has 1 N–H and O–H groups in total. The zero-order chi connectivity index (χ0) is 16.0. The van der Waals surface area contributed by atoms with Gasteiger partial charge in [0.05, 0.1) is 5.69 Å². The molecule has 2 aliphatic heterocycles. The Kier molecular flexibility index (Phi) is 3.54. The van der Waals surface area contributed by atoms with Gasteiger partial charge in [0.25, 0.3) is 5.91 Å². The number of aromatic nitrogens is 2. The summed E-state index contributed by atoms with van der Waals surface area (Å²) in [6.07, 6.45) is 1.11. The van der Waals surface area contributed by atoms with Gasteiger partial charge < -0.3 is 9.80 Å². The van der Waals surface area contributed by atoms with Crippen LogP contribution in [0.25, 0.3) is 11.3 Å². The molecule has 0 saturated carbocycles. The smallest absolute Gasteiger partial charge is 0.271 e. The van der Waals surface area contributed by atoms with Gasteiger partial charge in [-0.1, -0.05) is 28.1 Å². The molecule has 1 aromatic carbocycles. The minimum Gasteiger partial charge on any atom is -0.337 e. The van der Waals surface area contributed by atoms with Crippen molar-refractivity contribution in [1.82, 2.24) is 20.0 Å². The van der Waals surface area contributed by atoms with E-state index in [0.29, 0.717) is 11.1 Å². The van der Waals surface area contributed by atoms with Crippen molar-refractivity contribution in [2.75, 3.05) is 33.2 Å². The molecule has 0 radical (unpaired) electrons. The van der Waals surface area contributed by atoms with Crippen molar-refractivity contribution in [3.8, 4) is 11.3 Å². The summed E-state index contributed by atoms with van der Waals surface area (Å²) in [7, 11) is 2.13. The number of halogens is 1. The van der Waals surface area contributed by atoms with Crippen LogP contribution in [0, 0.1) is 5.41 Å². The highest BCUT2D eigenvalue weighted by atomic mass is 79.9. The lowest BCUT2D eigenvalue weighted by Crippen LogP contribution is -2.55. The molecule has 4 rings (SSSR count). The summed E-state index contributed by atoms with van der Waals surface area (Å²) in [6.45, 7) is 3.91. The quantitative estimate of drug-likeness (QED) is 0.878. The van der Waals surface area contributed by atoms with E-state index < -0.39 is 0 Å². The van der Waals surface area contributed by atoms with Gasteiger partial charge in [-0.3, -0.25) is 9.89 Å². The predicted octanol–water partition coefficient (Wildman–Crippen LogP) is 2.62. The first-order valence-corrected chi connectivity index (χ1v) is 8.63. The molecule has 1 spiro atoms. The molecule has 5 nitrogen and oxygen atoms in total. The Labute approximate surface area is 143 Å². The lowest BCUT2D eigenvalue weighted by molar-refractivity contribution is 0.0293. The molecule has 2 aliphatic rings. The van der Waals surface area contributed by atoms with Crippen LogP contribution in [0.1, 0.15) is 16.9 Å². The molecule has 1 aromatic heterocycles. The van der Waals surface area contributed by atoms with Gasteiger partial charge in [0, 0.05) is 41.6 Å². The second-order valence-corrected chi connectivity index (χ2v) is 7.74. The number of hydrogen-bond acceptors (Lipinski definition) is 3. The molecule has 2 aromatic rings. The lowest BCUT2D eigenvalue weighted by atomic mass is 9.79. The van der Waals surface area contributed by atoms with Crippen LogP contribution < -0.4 is 0 Å². The van der Waals surface area contributed by atoms with Crippen LogP contribution in [-0.2, 0) is 0 Å². The number of benzene rings is 1. The van der Waals surface area contributed by atoms with E-state index in [1.165, 1.54) is 0 Å². The summed E-state index contributed by atoms with van der Waals surface area (Å²) in [6, 6.07) is 9.78. The molecule has 0 atom stereocenters. The molecule has 0 bridgehead atoms. The van der Waals surface area contributed by atoms with Crippen LogP contribution in [0.3, 0.4) is 0 Å². The Morgan fingerprint density at radius 1 is 1.26 bits per heavy atom. The van der Waals surface area contributed by atoms with Gasteiger partial charge in [-0.2, -0.15) is 5.10 Å². The van der Waals surface area contributed by atoms with Crippen LogP contribution >= 0.6 is 15.9 Å². The Bertz CT molecular complexity index is 733. The summed E-state index contributed by atoms with van der Waals surface area (Å²) in [5.41, 5.74) is 2.71. The van der Waals surface area contributed by atoms with Crippen LogP contribution in [0.4, 0.5) is 0 Å². The number of carbonyl (C=O) groups excluding carboxylic acids is 1. The van der Waals surface area contributed by atoms with Gasteiger partial charge in [-0.25, -0.2) is 0 Å². The minimum absolute atomic E-state index is 0.0623. The molecule has 6 heteroatoms. The summed E-state index contributed by atoms with van der Waals surface area (Å²) >= 11 is 3.43. The average molecular weight is 375 g/mol. The van der Waals surface area contributed by atoms with E-state index in [0.717, 1.165) is 48.3 Å². The van der Waals surface area contributed by atoms with Crippen LogP contribution in [-0.4, -0.2) is 59.1 Å². The first-order chi connectivity index (χ1) is 11.0. The highest BCUT2D eigenvalue weighted by Crippen LogP contribution is 2.39. The maximum atomic E-state index is 12.7. The zero-order valence-corrected chi connectivity index (χ0v) is 14.6. The van der Waals surface area contributed by atoms with Crippen molar-refractivity contribution < 1.29 is 4.79 Å². The van der Waals surface area contributed by atoms with Crippen molar-refractivity contribution in [3.05, 3.63) is 40.5 Å². The van der Waals surface area contributed by atoms with Crippen molar-refractivity contribution in [3.63, 3.8) is 0 Å². The molecule has 3 heterocycles. The molecular formula is C17H19BrN4O. The molecule has 23 heavy (non-hydrogen) atoms. The SMILES string of the molecule is CN1CC2(CCN(C(=O)c3cc(-c4ccc(Br)cc4)n[nH]3)C2)C1. The van der Waals surface area contributed by atoms with Gasteiger partial charge >= 0.3 is 0 Å². The van der Waals surface area contributed by atoms with Crippen molar-refractivity contribution >= 4 is 21.8 Å². The van der Waals surface area contributed by atoms with Crippen molar-refractivity contribution in [2.45, 2.75) is 6.42 Å². The number of rotatable bonds is 2. The molecule has 2 fully saturated rings. The molecule has 1 amide bonds. The third kappa shape index (κ3) is 2.70. The first kappa shape index (κ1) is 14.9. The van der Waals surface area contributed by atoms with Gasteiger partial charge in [-0.15, -0.1) is 0 Å². The highest BCUT2D eigenvalue weighted by Gasteiger charge is 2.47. The second kappa shape index (κ2) is 5.46. The van der Waals surface area contributed by atoms with E-state index in [1.54, 1.807) is 0 Å². The van der Waals surface area contributed by atoms with Crippen LogP contribution in [0.2, 0.25) is 0 Å². The Morgan fingerprint density at radius 3 is 2.70 bits per heavy atom. The minimum atomic E-state index is 0.0623. The fourth-order valence-corrected chi connectivity index (χ4v) is 4.10. The van der Waals surface area contributed by atoms with E-state index in [-0.39, 0.29) is 5.91 Å². The topological polar surface area (TPSA) is 52.2 Å². The molecular weight excluding hydrogens is 356 g/mol. The van der Waals surface area contributed by atoms with Crippen LogP contribution in [0.15, 0.2) is 34.8 Å². The Morgan fingerprint density at radius 2 is 2.00 bits per heavy atom. The van der Waals surface area contributed by atoms with E-state index in [9.17, 15) is 4.79 Å². The Balaban J connectivity index is 1.48. The van der Waals surface area contributed by atoms with E-state index in [1.807, 2.05) is 35.2 Å². The van der Waals surface area contributed by atoms with Crippen molar-refractivity contribution in [2.24, 2.45) is 5.41 Å². The van der Waals surface area contributed by atoms with Gasteiger partial charge in [0.1, 0.15) is 5.69 Å².